The summed E-state index contributed by atoms with van der Waals surface area (Å²) in [4.78, 5) is 0. The summed E-state index contributed by atoms with van der Waals surface area (Å²) in [6.45, 7) is 11.7. The first-order valence-electron chi connectivity index (χ1n) is 22.7. The predicted molar refractivity (Wildman–Crippen MR) is 287 cm³/mol. The zero-order valence-electron chi connectivity index (χ0n) is 38.0. The van der Waals surface area contributed by atoms with Gasteiger partial charge < -0.3 is 8.83 Å². The molecule has 66 heavy (non-hydrogen) atoms. The Morgan fingerprint density at radius 2 is 0.697 bits per heavy atom. The summed E-state index contributed by atoms with van der Waals surface area (Å²) >= 11 is 0. The third-order valence-electron chi connectivity index (χ3n) is 12.7. The average Bonchev–Trinajstić information content (AvgIpc) is 3.97. The number of hydrogen-bond donors (Lipinski definition) is 0. The maximum atomic E-state index is 7.05. The van der Waals surface area contributed by atoms with Crippen molar-refractivity contribution in [2.24, 2.45) is 10.8 Å². The Hall–Kier alpha value is -6.68. The average molecular weight is 885 g/mol. The van der Waals surface area contributed by atoms with Crippen molar-refractivity contribution in [3.05, 3.63) is 231 Å². The van der Waals surface area contributed by atoms with Crippen molar-refractivity contribution in [3.8, 4) is 44.5 Å². The van der Waals surface area contributed by atoms with E-state index in [1.54, 1.807) is 12.5 Å². The quantitative estimate of drug-likeness (QED) is 0.112. The normalized spacial score (nSPS) is 13.6. The second-order valence-corrected chi connectivity index (χ2v) is 22.3. The molecule has 1 fully saturated rings. The standard InChI is InChI=1S/C35H28OSi.C16H12O.C10H20.2CH4/c1-27-33(28-17-7-2-8-18-28)34(29-19-9-3-10-20-29)35(36-27)37(30-21-11-4-12-22-30,31-23-13-5-14-24-31)32-25-15-6-16-26-32;1-3-7-13(8-4-1)15-11-17-12-16(15)14-9-5-2-6-10-14;1-9(2)6-5-7-10(3,4)8-9;;/h2-26H,1H3;1-12H;5-8H2,1-4H3;2*1H4. The molecule has 9 aromatic rings. The van der Waals surface area contributed by atoms with Crippen LogP contribution in [-0.2, 0) is 0 Å². The SMILES string of the molecule is C.C.CC1(C)CCCC(C)(C)C1.Cc1oc([Si](c2ccccc2)(c2ccccc2)c2ccccc2)c(-c2ccccc2)c1-c1ccccc1.c1ccc(-c2cocc2-c2ccccc2)cc1. The molecule has 0 unspecified atom stereocenters. The highest BCUT2D eigenvalue weighted by molar-refractivity contribution is 7.19. The first-order valence-corrected chi connectivity index (χ1v) is 24.7. The summed E-state index contributed by atoms with van der Waals surface area (Å²) in [5, 5.41) is 4.98. The van der Waals surface area contributed by atoms with Crippen molar-refractivity contribution in [1.29, 1.82) is 0 Å². The zero-order chi connectivity index (χ0) is 44.4. The molecule has 0 radical (unpaired) electrons. The van der Waals surface area contributed by atoms with E-state index in [9.17, 15) is 0 Å². The Kier molecular flexibility index (Phi) is 16.3. The number of furan rings is 2. The monoisotopic (exact) mass is 884 g/mol. The summed E-state index contributed by atoms with van der Waals surface area (Å²) in [5.41, 5.74) is 10.6. The number of rotatable bonds is 8. The minimum absolute atomic E-state index is 0. The van der Waals surface area contributed by atoms with Gasteiger partial charge in [0.05, 0.1) is 12.5 Å². The molecule has 0 spiro atoms. The Morgan fingerprint density at radius 3 is 1.02 bits per heavy atom. The van der Waals surface area contributed by atoms with E-state index in [2.05, 4.69) is 211 Å². The Morgan fingerprint density at radius 1 is 0.394 bits per heavy atom. The molecular weight excluding hydrogens is 817 g/mol. The smallest absolute Gasteiger partial charge is 0.224 e. The van der Waals surface area contributed by atoms with Crippen LogP contribution in [0.2, 0.25) is 0 Å². The van der Waals surface area contributed by atoms with Crippen LogP contribution in [0.3, 0.4) is 0 Å². The van der Waals surface area contributed by atoms with Gasteiger partial charge in [0.2, 0.25) is 8.07 Å². The van der Waals surface area contributed by atoms with Crippen molar-refractivity contribution in [2.75, 3.05) is 0 Å². The van der Waals surface area contributed by atoms with E-state index in [-0.39, 0.29) is 14.9 Å². The van der Waals surface area contributed by atoms with Gasteiger partial charge in [-0.15, -0.1) is 0 Å². The van der Waals surface area contributed by atoms with E-state index in [0.29, 0.717) is 10.8 Å². The van der Waals surface area contributed by atoms with Crippen molar-refractivity contribution in [3.63, 3.8) is 0 Å². The summed E-state index contributed by atoms with van der Waals surface area (Å²) in [5.74, 6) is 0.944. The molecule has 2 nitrogen and oxygen atoms in total. The highest BCUT2D eigenvalue weighted by Crippen LogP contribution is 2.45. The molecule has 3 heteroatoms. The maximum Gasteiger partial charge on any atom is 0.224 e. The minimum atomic E-state index is -2.84. The van der Waals surface area contributed by atoms with E-state index in [0.717, 1.165) is 22.3 Å². The van der Waals surface area contributed by atoms with E-state index < -0.39 is 8.07 Å². The lowest BCUT2D eigenvalue weighted by atomic mass is 9.65. The molecule has 0 N–H and O–H groups in total. The Bertz CT molecular complexity index is 2630. The van der Waals surface area contributed by atoms with E-state index in [1.807, 2.05) is 36.4 Å². The lowest BCUT2D eigenvalue weighted by molar-refractivity contribution is 0.116. The van der Waals surface area contributed by atoms with E-state index in [1.165, 1.54) is 74.6 Å². The largest absolute Gasteiger partial charge is 0.471 e. The van der Waals surface area contributed by atoms with Crippen LogP contribution in [0.1, 0.15) is 74.0 Å². The van der Waals surface area contributed by atoms with Gasteiger partial charge in [-0.05, 0) is 74.8 Å². The molecule has 0 atom stereocenters. The minimum Gasteiger partial charge on any atom is -0.471 e. The molecule has 0 bridgehead atoms. The molecule has 0 amide bonds. The highest BCUT2D eigenvalue weighted by Gasteiger charge is 2.47. The lowest BCUT2D eigenvalue weighted by Crippen LogP contribution is -2.74. The van der Waals surface area contributed by atoms with E-state index >= 15 is 0 Å². The van der Waals surface area contributed by atoms with Gasteiger partial charge in [-0.2, -0.15) is 0 Å². The molecule has 2 aromatic heterocycles. The van der Waals surface area contributed by atoms with Crippen molar-refractivity contribution in [2.45, 2.75) is 75.2 Å². The van der Waals surface area contributed by atoms with E-state index in [4.69, 9.17) is 8.83 Å². The summed E-state index contributed by atoms with van der Waals surface area (Å²) in [7, 11) is -2.84. The summed E-state index contributed by atoms with van der Waals surface area (Å²) < 4.78 is 12.4. The van der Waals surface area contributed by atoms with Crippen LogP contribution in [0.5, 0.6) is 0 Å². The molecule has 1 aliphatic carbocycles. The van der Waals surface area contributed by atoms with Gasteiger partial charge in [0.25, 0.3) is 0 Å². The topological polar surface area (TPSA) is 26.3 Å². The Labute approximate surface area is 397 Å². The molecule has 10 rings (SSSR count). The fourth-order valence-corrected chi connectivity index (χ4v) is 14.9. The predicted octanol–water partition coefficient (Wildman–Crippen LogP) is 15.8. The van der Waals surface area contributed by atoms with Crippen LogP contribution in [-0.4, -0.2) is 8.07 Å². The molecule has 7 aromatic carbocycles. The fourth-order valence-electron chi connectivity index (χ4n) is 10.1. The summed E-state index contributed by atoms with van der Waals surface area (Å²) in [6, 6.07) is 74.8. The van der Waals surface area contributed by atoms with Crippen molar-refractivity contribution >= 4 is 29.0 Å². The zero-order valence-corrected chi connectivity index (χ0v) is 39.0. The number of hydrogen-bond acceptors (Lipinski definition) is 2. The third-order valence-corrected chi connectivity index (χ3v) is 17.3. The van der Waals surface area contributed by atoms with Crippen LogP contribution in [0.25, 0.3) is 44.5 Å². The summed E-state index contributed by atoms with van der Waals surface area (Å²) in [6.07, 6.45) is 9.29. The van der Waals surface area contributed by atoms with Crippen LogP contribution in [0.15, 0.2) is 234 Å². The van der Waals surface area contributed by atoms with Crippen molar-refractivity contribution in [1.82, 2.24) is 0 Å². The number of aryl methyl sites for hydroxylation is 1. The van der Waals surface area contributed by atoms with Crippen molar-refractivity contribution < 1.29 is 8.83 Å². The number of benzene rings is 7. The molecule has 336 valence electrons. The van der Waals surface area contributed by atoms with Crippen LogP contribution in [0, 0.1) is 17.8 Å². The molecule has 0 aliphatic heterocycles. The Balaban J connectivity index is 0.000000204. The fraction of sp³-hybridized carbons (Fsp3) is 0.206. The molecular formula is C63H68O2Si. The van der Waals surface area contributed by atoms with Gasteiger partial charge in [-0.3, -0.25) is 0 Å². The molecule has 1 aliphatic rings. The lowest BCUT2D eigenvalue weighted by Gasteiger charge is -2.40. The van der Waals surface area contributed by atoms with Gasteiger partial charge in [0, 0.05) is 22.3 Å². The van der Waals surface area contributed by atoms with Gasteiger partial charge >= 0.3 is 0 Å². The van der Waals surface area contributed by atoms with Gasteiger partial charge in [0.15, 0.2) is 0 Å². The second-order valence-electron chi connectivity index (χ2n) is 18.6. The van der Waals surface area contributed by atoms with Gasteiger partial charge in [0.1, 0.15) is 11.1 Å². The maximum absolute atomic E-state index is 7.05. The third kappa shape index (κ3) is 10.9. The second kappa shape index (κ2) is 22.0. The molecule has 2 heterocycles. The first-order chi connectivity index (χ1) is 31.2. The van der Waals surface area contributed by atoms with Gasteiger partial charge in [-0.25, -0.2) is 0 Å². The van der Waals surface area contributed by atoms with Gasteiger partial charge in [-0.1, -0.05) is 261 Å². The van der Waals surface area contributed by atoms with Crippen LogP contribution in [0.4, 0.5) is 0 Å². The highest BCUT2D eigenvalue weighted by atomic mass is 28.3. The molecule has 0 saturated heterocycles. The first kappa shape index (κ1) is 48.8. The van der Waals surface area contributed by atoms with Crippen LogP contribution >= 0.6 is 0 Å². The van der Waals surface area contributed by atoms with Crippen LogP contribution < -0.4 is 20.9 Å². The molecule has 1 saturated carbocycles.